The minimum atomic E-state index is -3.50. The number of para-hydroxylation sites is 1. The van der Waals surface area contributed by atoms with E-state index in [0.29, 0.717) is 42.3 Å². The second-order valence-electron chi connectivity index (χ2n) is 11.0. The number of nitrogens with one attached hydrogen (secondary N) is 3. The maximum atomic E-state index is 12.8. The highest BCUT2D eigenvalue weighted by molar-refractivity contribution is 7.89. The molecule has 0 saturated heterocycles. The zero-order chi connectivity index (χ0) is 26.5. The van der Waals surface area contributed by atoms with E-state index in [-0.39, 0.29) is 5.41 Å². The van der Waals surface area contributed by atoms with E-state index in [9.17, 15) is 8.42 Å². The van der Waals surface area contributed by atoms with Crippen LogP contribution in [-0.4, -0.2) is 44.6 Å². The van der Waals surface area contributed by atoms with Gasteiger partial charge in [-0.05, 0) is 72.8 Å². The Morgan fingerprint density at radius 2 is 1.54 bits per heavy atom. The third-order valence-corrected chi connectivity index (χ3v) is 8.59. The molecule has 1 saturated carbocycles. The third-order valence-electron chi connectivity index (χ3n) is 7.15. The van der Waals surface area contributed by atoms with E-state index in [2.05, 4.69) is 46.1 Å². The Bertz CT molecular complexity index is 1280. The smallest absolute Gasteiger partial charge is 0.240 e. The number of anilines is 2. The van der Waals surface area contributed by atoms with E-state index in [0.717, 1.165) is 54.5 Å². The first-order chi connectivity index (χ1) is 17.7. The summed E-state index contributed by atoms with van der Waals surface area (Å²) in [5.74, 6) is 2.27. The fraction of sp³-hybridized carbons (Fsp3) is 0.500. The summed E-state index contributed by atoms with van der Waals surface area (Å²) >= 11 is 0. The van der Waals surface area contributed by atoms with Crippen LogP contribution in [0.4, 0.5) is 11.8 Å². The van der Waals surface area contributed by atoms with Gasteiger partial charge in [0.15, 0.2) is 0 Å². The third kappa shape index (κ3) is 7.18. The van der Waals surface area contributed by atoms with Crippen molar-refractivity contribution in [2.24, 2.45) is 17.6 Å². The van der Waals surface area contributed by atoms with Gasteiger partial charge in [-0.3, -0.25) is 0 Å². The number of rotatable bonds is 10. The molecule has 5 N–H and O–H groups in total. The van der Waals surface area contributed by atoms with Gasteiger partial charge in [-0.25, -0.2) is 18.1 Å². The molecule has 0 unspecified atom stereocenters. The van der Waals surface area contributed by atoms with Gasteiger partial charge in [0.1, 0.15) is 5.82 Å². The van der Waals surface area contributed by atoms with Crippen molar-refractivity contribution in [3.63, 3.8) is 0 Å². The van der Waals surface area contributed by atoms with Crippen molar-refractivity contribution in [1.82, 2.24) is 14.7 Å². The molecular weight excluding hydrogens is 484 g/mol. The van der Waals surface area contributed by atoms with Gasteiger partial charge in [-0.15, -0.1) is 0 Å². The number of nitrogens with zero attached hydrogens (tertiary/aromatic N) is 2. The molecule has 1 aromatic heterocycles. The number of fused-ring (bicyclic) bond motifs is 1. The van der Waals surface area contributed by atoms with Crippen LogP contribution in [0.3, 0.4) is 0 Å². The summed E-state index contributed by atoms with van der Waals surface area (Å²) in [5.41, 5.74) is 7.67. The van der Waals surface area contributed by atoms with Gasteiger partial charge >= 0.3 is 0 Å². The van der Waals surface area contributed by atoms with Crippen molar-refractivity contribution in [2.75, 3.05) is 36.8 Å². The summed E-state index contributed by atoms with van der Waals surface area (Å²) in [6.07, 6.45) is 4.09. The molecule has 3 aromatic rings. The predicted molar refractivity (Wildman–Crippen MR) is 151 cm³/mol. The summed E-state index contributed by atoms with van der Waals surface area (Å²) in [4.78, 5) is 9.68. The Hall–Kier alpha value is -2.75. The summed E-state index contributed by atoms with van der Waals surface area (Å²) in [6, 6.07) is 15.2. The van der Waals surface area contributed by atoms with Gasteiger partial charge in [0.25, 0.3) is 0 Å². The first-order valence-corrected chi connectivity index (χ1v) is 14.7. The maximum Gasteiger partial charge on any atom is 0.240 e. The topological polar surface area (TPSA) is 122 Å². The minimum Gasteiger partial charge on any atom is -0.368 e. The average Bonchev–Trinajstić information content (AvgIpc) is 2.89. The lowest BCUT2D eigenvalue weighted by Gasteiger charge is -2.28. The van der Waals surface area contributed by atoms with Crippen molar-refractivity contribution >= 4 is 32.7 Å². The van der Waals surface area contributed by atoms with Gasteiger partial charge < -0.3 is 16.4 Å². The van der Waals surface area contributed by atoms with Gasteiger partial charge in [-0.1, -0.05) is 45.0 Å². The monoisotopic (exact) mass is 524 g/mol. The predicted octanol–water partition coefficient (Wildman–Crippen LogP) is 4.49. The van der Waals surface area contributed by atoms with E-state index < -0.39 is 10.0 Å². The largest absolute Gasteiger partial charge is 0.368 e. The molecule has 0 amide bonds. The molecule has 2 aromatic carbocycles. The quantitative estimate of drug-likeness (QED) is 0.308. The summed E-state index contributed by atoms with van der Waals surface area (Å²) in [5, 5.41) is 7.70. The van der Waals surface area contributed by atoms with Crippen molar-refractivity contribution in [2.45, 2.75) is 56.8 Å². The Morgan fingerprint density at radius 3 is 2.19 bits per heavy atom. The average molecular weight is 525 g/mol. The lowest BCUT2D eigenvalue weighted by Crippen LogP contribution is -2.32. The Balaban J connectivity index is 1.27. The van der Waals surface area contributed by atoms with Crippen molar-refractivity contribution in [3.8, 4) is 0 Å². The zero-order valence-electron chi connectivity index (χ0n) is 22.1. The maximum absolute atomic E-state index is 12.8. The van der Waals surface area contributed by atoms with Crippen LogP contribution in [0, 0.1) is 11.8 Å². The number of nitrogens with two attached hydrogens (primary N) is 1. The highest BCUT2D eigenvalue weighted by atomic mass is 32.2. The van der Waals surface area contributed by atoms with Crippen LogP contribution in [0.2, 0.25) is 0 Å². The molecule has 0 radical (unpaired) electrons. The summed E-state index contributed by atoms with van der Waals surface area (Å²) in [7, 11) is -3.50. The molecule has 0 atom stereocenters. The van der Waals surface area contributed by atoms with E-state index in [1.807, 2.05) is 36.4 Å². The lowest BCUT2D eigenvalue weighted by atomic mass is 9.82. The zero-order valence-corrected chi connectivity index (χ0v) is 22.9. The van der Waals surface area contributed by atoms with Gasteiger partial charge in [0, 0.05) is 31.6 Å². The molecule has 37 heavy (non-hydrogen) atoms. The van der Waals surface area contributed by atoms with Crippen LogP contribution in [0.25, 0.3) is 10.9 Å². The molecule has 1 aliphatic carbocycles. The normalized spacial score (nSPS) is 18.6. The summed E-state index contributed by atoms with van der Waals surface area (Å²) < 4.78 is 28.4. The molecule has 0 bridgehead atoms. The number of aromatic nitrogens is 2. The summed E-state index contributed by atoms with van der Waals surface area (Å²) in [6.45, 7) is 8.81. The Kier molecular flexibility index (Phi) is 8.67. The highest BCUT2D eigenvalue weighted by Crippen LogP contribution is 2.30. The standard InChI is InChI=1S/C28H40N6O2S/c1-28(2,3)22-12-14-23(15-13-22)37(35,36)32-19-21-10-8-20(9-11-21)18-31-27-33-25-7-5-4-6-24(25)26(34-27)30-17-16-29/h4-7,12-15,20-21,32H,8-11,16-19,29H2,1-3H3,(H2,30,31,33,34)/t20-,21-. The van der Waals surface area contributed by atoms with E-state index in [1.165, 1.54) is 0 Å². The number of benzene rings is 2. The van der Waals surface area contributed by atoms with Crippen LogP contribution in [0.15, 0.2) is 53.4 Å². The molecule has 0 spiro atoms. The second-order valence-corrected chi connectivity index (χ2v) is 12.8. The van der Waals surface area contributed by atoms with Crippen LogP contribution in [-0.2, 0) is 15.4 Å². The van der Waals surface area contributed by atoms with Crippen molar-refractivity contribution < 1.29 is 8.42 Å². The molecule has 200 valence electrons. The SMILES string of the molecule is CC(C)(C)c1ccc(S(=O)(=O)NC[C@H]2CC[C@H](CNc3nc(NCCN)c4ccccc4n3)CC2)cc1. The van der Waals surface area contributed by atoms with Crippen LogP contribution in [0.5, 0.6) is 0 Å². The molecule has 1 fully saturated rings. The molecule has 8 nitrogen and oxygen atoms in total. The van der Waals surface area contributed by atoms with Gasteiger partial charge in [0.2, 0.25) is 16.0 Å². The second kappa shape index (κ2) is 11.8. The molecule has 1 aliphatic rings. The van der Waals surface area contributed by atoms with E-state index in [1.54, 1.807) is 12.1 Å². The van der Waals surface area contributed by atoms with Crippen LogP contribution in [0.1, 0.15) is 52.0 Å². The molecular formula is C28H40N6O2S. The van der Waals surface area contributed by atoms with Crippen LogP contribution >= 0.6 is 0 Å². The number of hydrogen-bond donors (Lipinski definition) is 4. The van der Waals surface area contributed by atoms with Crippen LogP contribution < -0.4 is 21.1 Å². The van der Waals surface area contributed by atoms with E-state index in [4.69, 9.17) is 5.73 Å². The molecule has 1 heterocycles. The van der Waals surface area contributed by atoms with Crippen molar-refractivity contribution in [3.05, 3.63) is 54.1 Å². The molecule has 4 rings (SSSR count). The lowest BCUT2D eigenvalue weighted by molar-refractivity contribution is 0.284. The number of hydrogen-bond acceptors (Lipinski definition) is 7. The molecule has 0 aliphatic heterocycles. The van der Waals surface area contributed by atoms with Crippen molar-refractivity contribution in [1.29, 1.82) is 0 Å². The number of sulfonamides is 1. The van der Waals surface area contributed by atoms with Gasteiger partial charge in [-0.2, -0.15) is 4.98 Å². The first kappa shape index (κ1) is 27.3. The molecule has 9 heteroatoms. The fourth-order valence-corrected chi connectivity index (χ4v) is 5.92. The Morgan fingerprint density at radius 1 is 0.892 bits per heavy atom. The Labute approximate surface area is 220 Å². The fourth-order valence-electron chi connectivity index (χ4n) is 4.80. The van der Waals surface area contributed by atoms with E-state index >= 15 is 0 Å². The van der Waals surface area contributed by atoms with Gasteiger partial charge in [0.05, 0.1) is 10.4 Å². The first-order valence-electron chi connectivity index (χ1n) is 13.2. The highest BCUT2D eigenvalue weighted by Gasteiger charge is 2.24. The minimum absolute atomic E-state index is 0.00665.